The number of anilines is 2. The lowest BCUT2D eigenvalue weighted by Gasteiger charge is -2.37. The predicted octanol–water partition coefficient (Wildman–Crippen LogP) is 3.69. The summed E-state index contributed by atoms with van der Waals surface area (Å²) in [5.41, 5.74) is 4.46. The van der Waals surface area contributed by atoms with E-state index in [1.54, 1.807) is 23.5 Å². The van der Waals surface area contributed by atoms with Crippen LogP contribution < -0.4 is 10.2 Å². The van der Waals surface area contributed by atoms with Crippen LogP contribution in [0.2, 0.25) is 0 Å². The molecule has 162 valence electrons. The lowest BCUT2D eigenvalue weighted by Crippen LogP contribution is -2.50. The number of amides is 1. The number of ether oxygens (including phenoxy) is 1. The zero-order valence-corrected chi connectivity index (χ0v) is 18.2. The van der Waals surface area contributed by atoms with Gasteiger partial charge in [-0.3, -0.25) is 15.0 Å². The first-order valence-electron chi connectivity index (χ1n) is 10.5. The van der Waals surface area contributed by atoms with Crippen LogP contribution in [0, 0.1) is 0 Å². The van der Waals surface area contributed by atoms with Crippen molar-refractivity contribution in [2.24, 2.45) is 0 Å². The molecule has 2 aromatic heterocycles. The summed E-state index contributed by atoms with van der Waals surface area (Å²) in [6, 6.07) is 8.10. The Hall–Kier alpha value is -3.42. The fourth-order valence-corrected chi connectivity index (χ4v) is 3.57. The molecule has 0 bridgehead atoms. The number of aromatic nitrogens is 3. The van der Waals surface area contributed by atoms with Crippen LogP contribution in [0.25, 0.3) is 11.0 Å². The number of rotatable bonds is 4. The second-order valence-electron chi connectivity index (χ2n) is 8.58. The van der Waals surface area contributed by atoms with Crippen LogP contribution in [0.5, 0.6) is 0 Å². The summed E-state index contributed by atoms with van der Waals surface area (Å²) in [5, 5.41) is 3.50. The third-order valence-corrected chi connectivity index (χ3v) is 5.09. The summed E-state index contributed by atoms with van der Waals surface area (Å²) in [5.74, 6) is 0. The van der Waals surface area contributed by atoms with Crippen molar-refractivity contribution in [1.29, 1.82) is 0 Å². The fourth-order valence-electron chi connectivity index (χ4n) is 3.57. The van der Waals surface area contributed by atoms with Gasteiger partial charge in [-0.1, -0.05) is 6.07 Å². The van der Waals surface area contributed by atoms with Crippen LogP contribution in [-0.2, 0) is 11.3 Å². The number of nitrogens with zero attached hydrogens (tertiary/aromatic N) is 5. The van der Waals surface area contributed by atoms with Gasteiger partial charge in [0.1, 0.15) is 5.60 Å². The number of carbonyl (C=O) groups is 1. The highest BCUT2D eigenvalue weighted by Crippen LogP contribution is 2.27. The molecule has 0 spiro atoms. The SMILES string of the molecule is CC(C)(C)OC(=O)N1CCN(c2ccncc2NCc2ccc3nccnc3c2)CC1. The molecule has 4 rings (SSSR count). The van der Waals surface area contributed by atoms with E-state index in [0.29, 0.717) is 19.6 Å². The van der Waals surface area contributed by atoms with Gasteiger partial charge in [0.15, 0.2) is 0 Å². The summed E-state index contributed by atoms with van der Waals surface area (Å²) >= 11 is 0. The lowest BCUT2D eigenvalue weighted by molar-refractivity contribution is 0.0240. The molecule has 1 aliphatic rings. The number of piperazine rings is 1. The minimum atomic E-state index is -0.481. The van der Waals surface area contributed by atoms with Crippen LogP contribution >= 0.6 is 0 Å². The minimum Gasteiger partial charge on any atom is -0.444 e. The highest BCUT2D eigenvalue weighted by Gasteiger charge is 2.26. The Morgan fingerprint density at radius 2 is 1.77 bits per heavy atom. The van der Waals surface area contributed by atoms with Crippen molar-refractivity contribution in [3.05, 3.63) is 54.6 Å². The van der Waals surface area contributed by atoms with Crippen molar-refractivity contribution in [2.75, 3.05) is 36.4 Å². The minimum absolute atomic E-state index is 0.250. The van der Waals surface area contributed by atoms with E-state index in [1.807, 2.05) is 45.2 Å². The highest BCUT2D eigenvalue weighted by molar-refractivity contribution is 5.75. The smallest absolute Gasteiger partial charge is 0.410 e. The topological polar surface area (TPSA) is 83.5 Å². The molecule has 8 nitrogen and oxygen atoms in total. The Morgan fingerprint density at radius 3 is 2.52 bits per heavy atom. The maximum absolute atomic E-state index is 12.3. The summed E-state index contributed by atoms with van der Waals surface area (Å²) < 4.78 is 5.50. The molecule has 1 fully saturated rings. The molecule has 1 N–H and O–H groups in total. The van der Waals surface area contributed by atoms with Crippen molar-refractivity contribution in [3.63, 3.8) is 0 Å². The number of nitrogens with one attached hydrogen (secondary N) is 1. The molecule has 8 heteroatoms. The Balaban J connectivity index is 1.40. The third kappa shape index (κ3) is 5.20. The van der Waals surface area contributed by atoms with Gasteiger partial charge in [-0.25, -0.2) is 4.79 Å². The van der Waals surface area contributed by atoms with Gasteiger partial charge in [-0.15, -0.1) is 0 Å². The van der Waals surface area contributed by atoms with Crippen molar-refractivity contribution < 1.29 is 9.53 Å². The Labute approximate surface area is 182 Å². The Morgan fingerprint density at radius 1 is 1.03 bits per heavy atom. The number of hydrogen-bond acceptors (Lipinski definition) is 7. The first-order valence-corrected chi connectivity index (χ1v) is 10.5. The van der Waals surface area contributed by atoms with E-state index in [4.69, 9.17) is 4.74 Å². The molecule has 3 aromatic rings. The lowest BCUT2D eigenvalue weighted by atomic mass is 10.2. The number of fused-ring (bicyclic) bond motifs is 1. The van der Waals surface area contributed by atoms with Crippen LogP contribution in [0.1, 0.15) is 26.3 Å². The normalized spacial score (nSPS) is 14.5. The summed E-state index contributed by atoms with van der Waals surface area (Å²) in [7, 11) is 0. The Bertz CT molecular complexity index is 1060. The van der Waals surface area contributed by atoms with Gasteiger partial charge >= 0.3 is 6.09 Å². The van der Waals surface area contributed by atoms with Gasteiger partial charge in [-0.2, -0.15) is 0 Å². The second kappa shape index (κ2) is 8.75. The van der Waals surface area contributed by atoms with Gasteiger partial charge in [0.05, 0.1) is 28.6 Å². The summed E-state index contributed by atoms with van der Waals surface area (Å²) in [6.45, 7) is 9.05. The second-order valence-corrected chi connectivity index (χ2v) is 8.58. The molecular formula is C23H28N6O2. The third-order valence-electron chi connectivity index (χ3n) is 5.09. The monoisotopic (exact) mass is 420 g/mol. The molecule has 1 aromatic carbocycles. The van der Waals surface area contributed by atoms with E-state index >= 15 is 0 Å². The average molecular weight is 421 g/mol. The molecule has 0 radical (unpaired) electrons. The molecule has 31 heavy (non-hydrogen) atoms. The van der Waals surface area contributed by atoms with Crippen LogP contribution in [0.3, 0.4) is 0 Å². The molecule has 3 heterocycles. The molecule has 0 aliphatic carbocycles. The first kappa shape index (κ1) is 20.8. The maximum atomic E-state index is 12.3. The van der Waals surface area contributed by atoms with E-state index in [-0.39, 0.29) is 6.09 Å². The van der Waals surface area contributed by atoms with Crippen molar-refractivity contribution >= 4 is 28.5 Å². The summed E-state index contributed by atoms with van der Waals surface area (Å²) in [6.07, 6.45) is 6.79. The van der Waals surface area contributed by atoms with Gasteiger partial charge in [0, 0.05) is 51.3 Å². The van der Waals surface area contributed by atoms with E-state index in [2.05, 4.69) is 31.2 Å². The predicted molar refractivity (Wildman–Crippen MR) is 121 cm³/mol. The van der Waals surface area contributed by atoms with Gasteiger partial charge < -0.3 is 19.9 Å². The van der Waals surface area contributed by atoms with Crippen LogP contribution in [-0.4, -0.2) is 57.7 Å². The van der Waals surface area contributed by atoms with E-state index in [9.17, 15) is 4.79 Å². The highest BCUT2D eigenvalue weighted by atomic mass is 16.6. The zero-order valence-electron chi connectivity index (χ0n) is 18.2. The number of carbonyl (C=O) groups excluding carboxylic acids is 1. The van der Waals surface area contributed by atoms with Gasteiger partial charge in [-0.05, 0) is 44.5 Å². The largest absolute Gasteiger partial charge is 0.444 e. The summed E-state index contributed by atoms with van der Waals surface area (Å²) in [4.78, 5) is 29.4. The number of benzene rings is 1. The maximum Gasteiger partial charge on any atom is 0.410 e. The van der Waals surface area contributed by atoms with Crippen molar-refractivity contribution in [1.82, 2.24) is 19.9 Å². The fraction of sp³-hybridized carbons (Fsp3) is 0.391. The molecular weight excluding hydrogens is 392 g/mol. The first-order chi connectivity index (χ1) is 14.9. The number of pyridine rings is 1. The molecule has 1 aliphatic heterocycles. The number of hydrogen-bond donors (Lipinski definition) is 1. The van der Waals surface area contributed by atoms with Crippen molar-refractivity contribution in [3.8, 4) is 0 Å². The molecule has 1 saturated heterocycles. The molecule has 0 atom stereocenters. The van der Waals surface area contributed by atoms with E-state index in [1.165, 1.54) is 0 Å². The van der Waals surface area contributed by atoms with Crippen LogP contribution in [0.4, 0.5) is 16.2 Å². The molecule has 1 amide bonds. The van der Waals surface area contributed by atoms with E-state index < -0.39 is 5.60 Å². The van der Waals surface area contributed by atoms with Gasteiger partial charge in [0.2, 0.25) is 0 Å². The zero-order chi connectivity index (χ0) is 21.8. The van der Waals surface area contributed by atoms with E-state index in [0.717, 1.165) is 41.1 Å². The molecule has 0 saturated carbocycles. The van der Waals surface area contributed by atoms with Crippen LogP contribution in [0.15, 0.2) is 49.1 Å². The Kier molecular flexibility index (Phi) is 5.88. The van der Waals surface area contributed by atoms with Crippen molar-refractivity contribution in [2.45, 2.75) is 32.9 Å². The average Bonchev–Trinajstić information content (AvgIpc) is 2.77. The molecule has 0 unspecified atom stereocenters. The quantitative estimate of drug-likeness (QED) is 0.689. The standard InChI is InChI=1S/C23H28N6O2/c1-23(2,3)31-22(30)29-12-10-28(11-13-29)21-6-7-24-16-20(21)27-15-17-4-5-18-19(14-17)26-9-8-25-18/h4-9,14,16,27H,10-13,15H2,1-3H3. The van der Waals surface area contributed by atoms with Gasteiger partial charge in [0.25, 0.3) is 0 Å².